The Morgan fingerprint density at radius 2 is 1.74 bits per heavy atom. The summed E-state index contributed by atoms with van der Waals surface area (Å²) in [6.45, 7) is 2.88. The number of fused-ring (bicyclic) bond motifs is 1. The second-order valence-corrected chi connectivity index (χ2v) is 7.51. The van der Waals surface area contributed by atoms with Gasteiger partial charge in [0.1, 0.15) is 11.8 Å². The number of aromatic amines is 1. The smallest absolute Gasteiger partial charge is 0.490 e. The van der Waals surface area contributed by atoms with Gasteiger partial charge in [-0.05, 0) is 35.9 Å². The van der Waals surface area contributed by atoms with Crippen LogP contribution in [0.4, 0.5) is 18.9 Å². The number of hydrogen-bond donors (Lipinski definition) is 3. The molecular weight excluding hydrogens is 455 g/mol. The first kappa shape index (κ1) is 24.8. The number of methoxy groups -OCH3 is 1. The van der Waals surface area contributed by atoms with Crippen LogP contribution in [-0.2, 0) is 9.59 Å². The minimum Gasteiger partial charge on any atom is -0.497 e. The lowest BCUT2D eigenvalue weighted by Gasteiger charge is -2.37. The normalized spacial score (nSPS) is 14.9. The number of carbonyl (C=O) groups excluding carboxylic acids is 1. The number of nitrogens with one attached hydrogen (secondary N) is 1. The van der Waals surface area contributed by atoms with Crippen LogP contribution in [0.1, 0.15) is 11.6 Å². The highest BCUT2D eigenvalue weighted by atomic mass is 19.4. The van der Waals surface area contributed by atoms with Crippen molar-refractivity contribution in [1.82, 2.24) is 15.1 Å². The van der Waals surface area contributed by atoms with Gasteiger partial charge in [-0.25, -0.2) is 4.79 Å². The first-order valence-corrected chi connectivity index (χ1v) is 10.3. The number of aliphatic carboxylic acids is 1. The first-order chi connectivity index (χ1) is 16.1. The topological polar surface area (TPSA) is 125 Å². The molecule has 1 saturated heterocycles. The Labute approximate surface area is 192 Å². The molecule has 182 valence electrons. The summed E-state index contributed by atoms with van der Waals surface area (Å²) in [5, 5.41) is 15.2. The molecule has 1 aromatic heterocycles. The zero-order valence-corrected chi connectivity index (χ0v) is 18.2. The van der Waals surface area contributed by atoms with Crippen molar-refractivity contribution in [1.29, 1.82) is 0 Å². The molecular formula is C22H24F3N5O4. The van der Waals surface area contributed by atoms with Crippen LogP contribution in [0.3, 0.4) is 0 Å². The molecule has 1 aliphatic heterocycles. The van der Waals surface area contributed by atoms with Gasteiger partial charge in [0.05, 0.1) is 18.8 Å². The van der Waals surface area contributed by atoms with Gasteiger partial charge in [0.2, 0.25) is 5.91 Å². The summed E-state index contributed by atoms with van der Waals surface area (Å²) in [6, 6.07) is 12.9. The maximum absolute atomic E-state index is 12.8. The number of nitrogens with two attached hydrogens (primary N) is 1. The molecule has 0 saturated carbocycles. The van der Waals surface area contributed by atoms with Crippen LogP contribution >= 0.6 is 0 Å². The summed E-state index contributed by atoms with van der Waals surface area (Å²) in [5.41, 5.74) is 9.18. The Morgan fingerprint density at radius 1 is 1.12 bits per heavy atom. The summed E-state index contributed by atoms with van der Waals surface area (Å²) in [5.74, 6) is -2.04. The molecule has 34 heavy (non-hydrogen) atoms. The van der Waals surface area contributed by atoms with Gasteiger partial charge in [0.15, 0.2) is 0 Å². The van der Waals surface area contributed by atoms with Crippen LogP contribution in [0, 0.1) is 0 Å². The Morgan fingerprint density at radius 3 is 2.29 bits per heavy atom. The lowest BCUT2D eigenvalue weighted by atomic mass is 10.1. The minimum absolute atomic E-state index is 0.0369. The molecule has 2 aromatic carbocycles. The lowest BCUT2D eigenvalue weighted by Crippen LogP contribution is -2.51. The molecule has 0 radical (unpaired) electrons. The Kier molecular flexibility index (Phi) is 7.61. The van der Waals surface area contributed by atoms with Crippen molar-refractivity contribution in [3.8, 4) is 5.75 Å². The zero-order valence-electron chi connectivity index (χ0n) is 18.2. The second-order valence-electron chi connectivity index (χ2n) is 7.51. The van der Waals surface area contributed by atoms with Crippen molar-refractivity contribution in [3.63, 3.8) is 0 Å². The van der Waals surface area contributed by atoms with Gasteiger partial charge in [-0.15, -0.1) is 0 Å². The van der Waals surface area contributed by atoms with Crippen molar-refractivity contribution in [2.45, 2.75) is 12.2 Å². The van der Waals surface area contributed by atoms with E-state index in [0.29, 0.717) is 13.1 Å². The number of alkyl halides is 3. The predicted octanol–water partition coefficient (Wildman–Crippen LogP) is 2.55. The van der Waals surface area contributed by atoms with Gasteiger partial charge in [0.25, 0.3) is 0 Å². The fraction of sp³-hybridized carbons (Fsp3) is 0.318. The van der Waals surface area contributed by atoms with Crippen LogP contribution in [0.5, 0.6) is 5.75 Å². The van der Waals surface area contributed by atoms with Gasteiger partial charge in [-0.1, -0.05) is 12.1 Å². The third-order valence-corrected chi connectivity index (χ3v) is 5.36. The average Bonchev–Trinajstić information content (AvgIpc) is 3.31. The predicted molar refractivity (Wildman–Crippen MR) is 118 cm³/mol. The number of ether oxygens (including phenoxy) is 1. The van der Waals surface area contributed by atoms with Crippen molar-refractivity contribution in [2.75, 3.05) is 38.2 Å². The van der Waals surface area contributed by atoms with E-state index in [2.05, 4.69) is 27.2 Å². The molecule has 4 rings (SSSR count). The van der Waals surface area contributed by atoms with Crippen molar-refractivity contribution in [2.24, 2.45) is 5.73 Å². The second kappa shape index (κ2) is 10.4. The fourth-order valence-electron chi connectivity index (χ4n) is 3.46. The number of H-pyrrole nitrogens is 1. The highest BCUT2D eigenvalue weighted by molar-refractivity contribution is 5.84. The molecule has 1 fully saturated rings. The molecule has 12 heteroatoms. The maximum Gasteiger partial charge on any atom is 0.490 e. The van der Waals surface area contributed by atoms with Gasteiger partial charge >= 0.3 is 12.1 Å². The van der Waals surface area contributed by atoms with Crippen LogP contribution in [0.15, 0.2) is 48.7 Å². The molecule has 1 atom stereocenters. The third kappa shape index (κ3) is 5.95. The maximum atomic E-state index is 12.8. The molecule has 4 N–H and O–H groups in total. The van der Waals surface area contributed by atoms with E-state index < -0.39 is 18.2 Å². The number of benzene rings is 2. The standard InChI is InChI=1S/C20H23N5O2.C2HF3O2/c1-27-17-5-2-14(3-6-17)19(21)20(26)25-10-8-24(9-11-25)16-4-7-18-15(12-16)13-22-23-18;3-2(4,5)1(6)7/h2-7,12-13,19H,8-11,21H2,1H3,(H,22,23);(H,6,7). The summed E-state index contributed by atoms with van der Waals surface area (Å²) < 4.78 is 36.9. The van der Waals surface area contributed by atoms with E-state index in [1.54, 1.807) is 7.11 Å². The van der Waals surface area contributed by atoms with Crippen LogP contribution in [0.2, 0.25) is 0 Å². The van der Waals surface area contributed by atoms with Gasteiger partial charge in [-0.3, -0.25) is 9.89 Å². The number of carbonyl (C=O) groups is 2. The number of halogens is 3. The van der Waals surface area contributed by atoms with E-state index in [1.165, 1.54) is 0 Å². The number of piperazine rings is 1. The lowest BCUT2D eigenvalue weighted by molar-refractivity contribution is -0.192. The molecule has 3 aromatic rings. The molecule has 9 nitrogen and oxygen atoms in total. The van der Waals surface area contributed by atoms with E-state index >= 15 is 0 Å². The van der Waals surface area contributed by atoms with Crippen LogP contribution < -0.4 is 15.4 Å². The summed E-state index contributed by atoms with van der Waals surface area (Å²) in [4.78, 5) is 25.8. The molecule has 1 amide bonds. The van der Waals surface area contributed by atoms with E-state index in [-0.39, 0.29) is 5.91 Å². The number of amides is 1. The number of carboxylic acid groups (broad SMARTS) is 1. The van der Waals surface area contributed by atoms with E-state index in [1.807, 2.05) is 41.4 Å². The first-order valence-electron chi connectivity index (χ1n) is 10.3. The molecule has 0 aliphatic carbocycles. The highest BCUT2D eigenvalue weighted by Crippen LogP contribution is 2.23. The largest absolute Gasteiger partial charge is 0.497 e. The van der Waals surface area contributed by atoms with Crippen molar-refractivity contribution >= 4 is 28.5 Å². The number of nitrogens with zero attached hydrogens (tertiary/aromatic N) is 3. The van der Waals surface area contributed by atoms with Gasteiger partial charge < -0.3 is 25.4 Å². The van der Waals surface area contributed by atoms with E-state index in [9.17, 15) is 18.0 Å². The number of rotatable bonds is 4. The average molecular weight is 479 g/mol. The number of hydrogen-bond acceptors (Lipinski definition) is 6. The molecule has 2 heterocycles. The SMILES string of the molecule is COc1ccc(C(N)C(=O)N2CCN(c3ccc4[nH]ncc4c3)CC2)cc1.O=C(O)C(F)(F)F. The number of aromatic nitrogens is 2. The Hall–Kier alpha value is -3.80. The van der Waals surface area contributed by atoms with Gasteiger partial charge in [0, 0.05) is 37.3 Å². The molecule has 1 aliphatic rings. The molecule has 0 bridgehead atoms. The number of carboxylic acids is 1. The fourth-order valence-corrected chi connectivity index (χ4v) is 3.46. The van der Waals surface area contributed by atoms with Crippen LogP contribution in [-0.4, -0.2) is 71.5 Å². The van der Waals surface area contributed by atoms with E-state index in [0.717, 1.165) is 41.0 Å². The quantitative estimate of drug-likeness (QED) is 0.525. The zero-order chi connectivity index (χ0) is 24.9. The number of anilines is 1. The highest BCUT2D eigenvalue weighted by Gasteiger charge is 2.38. The van der Waals surface area contributed by atoms with Gasteiger partial charge in [-0.2, -0.15) is 18.3 Å². The monoisotopic (exact) mass is 479 g/mol. The van der Waals surface area contributed by atoms with Crippen molar-refractivity contribution < 1.29 is 32.6 Å². The molecule has 1 unspecified atom stereocenters. The molecule has 0 spiro atoms. The summed E-state index contributed by atoms with van der Waals surface area (Å²) in [6.07, 6.45) is -3.26. The summed E-state index contributed by atoms with van der Waals surface area (Å²) in [7, 11) is 1.61. The van der Waals surface area contributed by atoms with Crippen LogP contribution in [0.25, 0.3) is 10.9 Å². The third-order valence-electron chi connectivity index (χ3n) is 5.36. The van der Waals surface area contributed by atoms with E-state index in [4.69, 9.17) is 20.4 Å². The Bertz CT molecular complexity index is 1130. The minimum atomic E-state index is -5.08. The Balaban J connectivity index is 0.000000406. The van der Waals surface area contributed by atoms with Crippen molar-refractivity contribution in [3.05, 3.63) is 54.2 Å². The summed E-state index contributed by atoms with van der Waals surface area (Å²) >= 11 is 0.